The fourth-order valence-corrected chi connectivity index (χ4v) is 2.89. The standard InChI is InChI=1S/C19H18N4O2/c1-13(2)12-22-18(16-9-6-10-25-16)21-17-15(19(22)24)11-20-23(17)14-7-4-3-5-8-14/h3-11,13H,12H2,1-2H3. The Morgan fingerprint density at radius 3 is 2.60 bits per heavy atom. The van der Waals surface area contributed by atoms with Crippen molar-refractivity contribution in [2.24, 2.45) is 5.92 Å². The molecule has 0 aliphatic rings. The summed E-state index contributed by atoms with van der Waals surface area (Å²) in [6.45, 7) is 4.69. The molecule has 0 spiro atoms. The quantitative estimate of drug-likeness (QED) is 0.573. The molecule has 0 saturated heterocycles. The van der Waals surface area contributed by atoms with Gasteiger partial charge in [-0.2, -0.15) is 5.10 Å². The van der Waals surface area contributed by atoms with Crippen molar-refractivity contribution in [3.05, 3.63) is 65.3 Å². The van der Waals surface area contributed by atoms with Gasteiger partial charge in [-0.1, -0.05) is 32.0 Å². The number of nitrogens with zero attached hydrogens (tertiary/aromatic N) is 4. The highest BCUT2D eigenvalue weighted by molar-refractivity contribution is 5.77. The fraction of sp³-hybridized carbons (Fsp3) is 0.211. The second-order valence-electron chi connectivity index (χ2n) is 6.35. The van der Waals surface area contributed by atoms with Crippen molar-refractivity contribution in [1.29, 1.82) is 0 Å². The van der Waals surface area contributed by atoms with Crippen LogP contribution < -0.4 is 5.56 Å². The minimum Gasteiger partial charge on any atom is -0.461 e. The lowest BCUT2D eigenvalue weighted by molar-refractivity contribution is 0.500. The molecule has 0 fully saturated rings. The van der Waals surface area contributed by atoms with Crippen LogP contribution in [0.5, 0.6) is 0 Å². The van der Waals surface area contributed by atoms with Crippen LogP contribution in [0.2, 0.25) is 0 Å². The second kappa shape index (κ2) is 6.05. The van der Waals surface area contributed by atoms with Crippen LogP contribution in [0.15, 0.2) is 64.1 Å². The van der Waals surface area contributed by atoms with Gasteiger partial charge in [0.2, 0.25) is 0 Å². The largest absolute Gasteiger partial charge is 0.461 e. The molecule has 1 aromatic carbocycles. The fourth-order valence-electron chi connectivity index (χ4n) is 2.89. The van der Waals surface area contributed by atoms with E-state index in [1.165, 1.54) is 0 Å². The van der Waals surface area contributed by atoms with Crippen LogP contribution in [-0.4, -0.2) is 19.3 Å². The van der Waals surface area contributed by atoms with Crippen molar-refractivity contribution in [1.82, 2.24) is 19.3 Å². The van der Waals surface area contributed by atoms with Gasteiger partial charge in [-0.25, -0.2) is 9.67 Å². The highest BCUT2D eigenvalue weighted by Crippen LogP contribution is 2.21. The third-order valence-corrected chi connectivity index (χ3v) is 3.98. The van der Waals surface area contributed by atoms with Gasteiger partial charge in [0.05, 0.1) is 18.1 Å². The van der Waals surface area contributed by atoms with Gasteiger partial charge < -0.3 is 4.42 Å². The maximum absolute atomic E-state index is 13.1. The molecule has 3 aromatic heterocycles. The number of furan rings is 1. The minimum atomic E-state index is -0.104. The smallest absolute Gasteiger partial charge is 0.265 e. The predicted octanol–water partition coefficient (Wildman–Crippen LogP) is 3.50. The SMILES string of the molecule is CC(C)Cn1c(-c2ccco2)nc2c(cnn2-c2ccccc2)c1=O. The molecule has 0 amide bonds. The van der Waals surface area contributed by atoms with E-state index in [-0.39, 0.29) is 5.56 Å². The minimum absolute atomic E-state index is 0.104. The molecule has 0 aliphatic carbocycles. The third kappa shape index (κ3) is 2.65. The summed E-state index contributed by atoms with van der Waals surface area (Å²) >= 11 is 0. The highest BCUT2D eigenvalue weighted by atomic mass is 16.3. The van der Waals surface area contributed by atoms with E-state index in [2.05, 4.69) is 18.9 Å². The van der Waals surface area contributed by atoms with Crippen LogP contribution in [0.4, 0.5) is 0 Å². The first-order valence-corrected chi connectivity index (χ1v) is 8.23. The van der Waals surface area contributed by atoms with Crippen molar-refractivity contribution in [2.45, 2.75) is 20.4 Å². The topological polar surface area (TPSA) is 65.8 Å². The van der Waals surface area contributed by atoms with E-state index in [0.29, 0.717) is 35.1 Å². The van der Waals surface area contributed by atoms with Gasteiger partial charge in [-0.15, -0.1) is 0 Å². The van der Waals surface area contributed by atoms with Gasteiger partial charge in [-0.05, 0) is 30.2 Å². The molecule has 126 valence electrons. The molecule has 6 heteroatoms. The molecule has 3 heterocycles. The van der Waals surface area contributed by atoms with Crippen LogP contribution in [-0.2, 0) is 6.54 Å². The Bertz CT molecular complexity index is 1060. The van der Waals surface area contributed by atoms with Gasteiger partial charge in [-0.3, -0.25) is 9.36 Å². The Morgan fingerprint density at radius 2 is 1.92 bits per heavy atom. The summed E-state index contributed by atoms with van der Waals surface area (Å²) < 4.78 is 8.87. The zero-order valence-corrected chi connectivity index (χ0v) is 14.1. The molecule has 0 aliphatic heterocycles. The lowest BCUT2D eigenvalue weighted by atomic mass is 10.2. The number of rotatable bonds is 4. The van der Waals surface area contributed by atoms with E-state index < -0.39 is 0 Å². The van der Waals surface area contributed by atoms with Crippen LogP contribution in [0.3, 0.4) is 0 Å². The summed E-state index contributed by atoms with van der Waals surface area (Å²) in [7, 11) is 0. The first-order chi connectivity index (χ1) is 12.1. The van der Waals surface area contributed by atoms with Gasteiger partial charge in [0.15, 0.2) is 17.2 Å². The molecule has 0 N–H and O–H groups in total. The molecule has 4 aromatic rings. The van der Waals surface area contributed by atoms with Gasteiger partial charge in [0.1, 0.15) is 5.39 Å². The monoisotopic (exact) mass is 334 g/mol. The normalized spacial score (nSPS) is 11.5. The van der Waals surface area contributed by atoms with Crippen molar-refractivity contribution in [2.75, 3.05) is 0 Å². The van der Waals surface area contributed by atoms with Crippen molar-refractivity contribution < 1.29 is 4.42 Å². The lowest BCUT2D eigenvalue weighted by Gasteiger charge is -2.13. The molecule has 4 rings (SSSR count). The van der Waals surface area contributed by atoms with Crippen LogP contribution in [0.1, 0.15) is 13.8 Å². The Morgan fingerprint density at radius 1 is 1.12 bits per heavy atom. The van der Waals surface area contributed by atoms with E-state index in [1.807, 2.05) is 36.4 Å². The summed E-state index contributed by atoms with van der Waals surface area (Å²) in [4.78, 5) is 17.8. The Kier molecular flexibility index (Phi) is 3.72. The zero-order valence-electron chi connectivity index (χ0n) is 14.1. The molecular formula is C19H18N4O2. The van der Waals surface area contributed by atoms with E-state index >= 15 is 0 Å². The number of para-hydroxylation sites is 1. The summed E-state index contributed by atoms with van der Waals surface area (Å²) in [5.41, 5.74) is 1.28. The zero-order chi connectivity index (χ0) is 17.4. The Labute approximate surface area is 144 Å². The number of aromatic nitrogens is 4. The third-order valence-electron chi connectivity index (χ3n) is 3.98. The average Bonchev–Trinajstić information content (AvgIpc) is 3.27. The number of fused-ring (bicyclic) bond motifs is 1. The molecular weight excluding hydrogens is 316 g/mol. The summed E-state index contributed by atoms with van der Waals surface area (Å²) in [6.07, 6.45) is 3.17. The van der Waals surface area contributed by atoms with Crippen molar-refractivity contribution >= 4 is 11.0 Å². The molecule has 0 unspecified atom stereocenters. The van der Waals surface area contributed by atoms with E-state index in [4.69, 9.17) is 9.40 Å². The van der Waals surface area contributed by atoms with Crippen LogP contribution in [0.25, 0.3) is 28.3 Å². The molecule has 6 nitrogen and oxygen atoms in total. The highest BCUT2D eigenvalue weighted by Gasteiger charge is 2.19. The molecule has 25 heavy (non-hydrogen) atoms. The Hall–Kier alpha value is -3.15. The van der Waals surface area contributed by atoms with Gasteiger partial charge in [0, 0.05) is 6.54 Å². The van der Waals surface area contributed by atoms with E-state index in [0.717, 1.165) is 5.69 Å². The van der Waals surface area contributed by atoms with Crippen LogP contribution in [0, 0.1) is 5.92 Å². The maximum Gasteiger partial charge on any atom is 0.265 e. The summed E-state index contributed by atoms with van der Waals surface area (Å²) in [6, 6.07) is 13.3. The summed E-state index contributed by atoms with van der Waals surface area (Å²) in [5.74, 6) is 1.39. The average molecular weight is 334 g/mol. The first-order valence-electron chi connectivity index (χ1n) is 8.23. The first kappa shape index (κ1) is 15.4. The lowest BCUT2D eigenvalue weighted by Crippen LogP contribution is -2.25. The van der Waals surface area contributed by atoms with Crippen molar-refractivity contribution in [3.8, 4) is 17.3 Å². The molecule has 0 atom stereocenters. The van der Waals surface area contributed by atoms with E-state index in [1.54, 1.807) is 27.8 Å². The van der Waals surface area contributed by atoms with Gasteiger partial charge >= 0.3 is 0 Å². The van der Waals surface area contributed by atoms with E-state index in [9.17, 15) is 4.79 Å². The second-order valence-corrected chi connectivity index (χ2v) is 6.35. The number of hydrogen-bond acceptors (Lipinski definition) is 4. The summed E-state index contributed by atoms with van der Waals surface area (Å²) in [5, 5.41) is 4.88. The van der Waals surface area contributed by atoms with Gasteiger partial charge in [0.25, 0.3) is 5.56 Å². The Balaban J connectivity index is 2.02. The predicted molar refractivity (Wildman–Crippen MR) is 95.7 cm³/mol. The number of hydrogen-bond donors (Lipinski definition) is 0. The molecule has 0 radical (unpaired) electrons. The molecule has 0 bridgehead atoms. The van der Waals surface area contributed by atoms with Crippen molar-refractivity contribution in [3.63, 3.8) is 0 Å². The molecule has 0 saturated carbocycles. The number of benzene rings is 1. The van der Waals surface area contributed by atoms with Crippen LogP contribution >= 0.6 is 0 Å². The maximum atomic E-state index is 13.1.